The molecule has 1 atom stereocenters. The van der Waals surface area contributed by atoms with Crippen molar-refractivity contribution in [3.8, 4) is 0 Å². The van der Waals surface area contributed by atoms with Crippen LogP contribution in [-0.4, -0.2) is 20.6 Å². The molecule has 0 unspecified atom stereocenters. The molecule has 0 saturated carbocycles. The van der Waals surface area contributed by atoms with E-state index < -0.39 is 0 Å². The number of benzene rings is 2. The highest BCUT2D eigenvalue weighted by molar-refractivity contribution is 7.80. The molecular formula is C24H31N3S. The summed E-state index contributed by atoms with van der Waals surface area (Å²) in [5.74, 6) is 0. The molecule has 0 radical (unpaired) electrons. The predicted molar refractivity (Wildman–Crippen MR) is 125 cm³/mol. The van der Waals surface area contributed by atoms with Gasteiger partial charge in [0.1, 0.15) is 0 Å². The zero-order chi connectivity index (χ0) is 20.3. The Morgan fingerprint density at radius 1 is 1.11 bits per heavy atom. The maximum Gasteiger partial charge on any atom is 0.173 e. The molecule has 0 aliphatic rings. The number of hydrogen-bond donors (Lipinski definition) is 1. The van der Waals surface area contributed by atoms with Gasteiger partial charge in [-0.1, -0.05) is 37.3 Å². The standard InChI is InChI=1S/C24H31N3S/c1-6-18(4)27(24(28)25-22-13-10-11-17(3)19(22)5)16-20-15-26(7-2)23-14-9-8-12-21(20)23/h8-15,18H,6-7,16H2,1-5H3,(H,25,28)/t18-/m0/s1. The summed E-state index contributed by atoms with van der Waals surface area (Å²) in [4.78, 5) is 2.32. The minimum Gasteiger partial charge on any atom is -0.347 e. The van der Waals surface area contributed by atoms with E-state index >= 15 is 0 Å². The summed E-state index contributed by atoms with van der Waals surface area (Å²) in [6.45, 7) is 12.7. The molecule has 1 N–H and O–H groups in total. The van der Waals surface area contributed by atoms with Crippen LogP contribution in [0.15, 0.2) is 48.7 Å². The van der Waals surface area contributed by atoms with Gasteiger partial charge >= 0.3 is 0 Å². The molecule has 2 aromatic carbocycles. The van der Waals surface area contributed by atoms with Crippen LogP contribution in [0.25, 0.3) is 10.9 Å². The number of rotatable bonds is 6. The third kappa shape index (κ3) is 4.07. The molecule has 3 aromatic rings. The van der Waals surface area contributed by atoms with Crippen molar-refractivity contribution in [2.75, 3.05) is 5.32 Å². The molecular weight excluding hydrogens is 362 g/mol. The van der Waals surface area contributed by atoms with E-state index in [1.165, 1.54) is 27.6 Å². The maximum absolute atomic E-state index is 5.87. The van der Waals surface area contributed by atoms with E-state index in [1.807, 2.05) is 0 Å². The van der Waals surface area contributed by atoms with Crippen LogP contribution < -0.4 is 5.32 Å². The van der Waals surface area contributed by atoms with Crippen molar-refractivity contribution in [2.24, 2.45) is 0 Å². The summed E-state index contributed by atoms with van der Waals surface area (Å²) in [6, 6.07) is 15.3. The van der Waals surface area contributed by atoms with Crippen LogP contribution in [0.1, 0.15) is 43.9 Å². The van der Waals surface area contributed by atoms with Crippen molar-refractivity contribution in [1.82, 2.24) is 9.47 Å². The van der Waals surface area contributed by atoms with Gasteiger partial charge < -0.3 is 14.8 Å². The topological polar surface area (TPSA) is 20.2 Å². The molecule has 3 rings (SSSR count). The van der Waals surface area contributed by atoms with Gasteiger partial charge in [-0.3, -0.25) is 0 Å². The molecule has 0 saturated heterocycles. The average Bonchev–Trinajstić information content (AvgIpc) is 3.06. The zero-order valence-electron chi connectivity index (χ0n) is 17.6. The van der Waals surface area contributed by atoms with Crippen LogP contribution in [-0.2, 0) is 13.1 Å². The van der Waals surface area contributed by atoms with Crippen LogP contribution in [0.3, 0.4) is 0 Å². The van der Waals surface area contributed by atoms with Gasteiger partial charge in [0.15, 0.2) is 5.11 Å². The second kappa shape index (κ2) is 8.78. The van der Waals surface area contributed by atoms with Crippen molar-refractivity contribution in [3.63, 3.8) is 0 Å². The molecule has 0 aliphatic heterocycles. The predicted octanol–water partition coefficient (Wildman–Crippen LogP) is 6.28. The van der Waals surface area contributed by atoms with Crippen molar-refractivity contribution >= 4 is 33.9 Å². The molecule has 1 aromatic heterocycles. The van der Waals surface area contributed by atoms with E-state index in [0.29, 0.717) is 6.04 Å². The van der Waals surface area contributed by atoms with E-state index in [-0.39, 0.29) is 0 Å². The molecule has 4 heteroatoms. The van der Waals surface area contributed by atoms with Crippen LogP contribution in [0.4, 0.5) is 5.69 Å². The number of para-hydroxylation sites is 1. The van der Waals surface area contributed by atoms with Crippen molar-refractivity contribution < 1.29 is 0 Å². The maximum atomic E-state index is 5.87. The average molecular weight is 394 g/mol. The second-order valence-electron chi connectivity index (χ2n) is 7.52. The number of thiocarbonyl (C=S) groups is 1. The zero-order valence-corrected chi connectivity index (χ0v) is 18.4. The van der Waals surface area contributed by atoms with Gasteiger partial charge in [-0.25, -0.2) is 0 Å². The fourth-order valence-electron chi connectivity index (χ4n) is 3.62. The first-order valence-electron chi connectivity index (χ1n) is 10.2. The minimum absolute atomic E-state index is 0.355. The van der Waals surface area contributed by atoms with E-state index in [0.717, 1.165) is 30.3 Å². The number of anilines is 1. The van der Waals surface area contributed by atoms with E-state index in [1.54, 1.807) is 0 Å². The highest BCUT2D eigenvalue weighted by Crippen LogP contribution is 2.25. The number of aryl methyl sites for hydroxylation is 2. The molecule has 148 valence electrons. The summed E-state index contributed by atoms with van der Waals surface area (Å²) in [7, 11) is 0. The molecule has 0 bridgehead atoms. The fourth-order valence-corrected chi connectivity index (χ4v) is 3.97. The summed E-state index contributed by atoms with van der Waals surface area (Å²) in [5, 5.41) is 5.61. The number of hydrogen-bond acceptors (Lipinski definition) is 1. The Balaban J connectivity index is 1.91. The number of aromatic nitrogens is 1. The first-order chi connectivity index (χ1) is 13.5. The number of nitrogens with zero attached hydrogens (tertiary/aromatic N) is 2. The molecule has 0 fully saturated rings. The van der Waals surface area contributed by atoms with Gasteiger partial charge in [-0.2, -0.15) is 0 Å². The number of fused-ring (bicyclic) bond motifs is 1. The Morgan fingerprint density at radius 3 is 2.57 bits per heavy atom. The third-order valence-corrected chi connectivity index (χ3v) is 6.12. The Kier molecular flexibility index (Phi) is 6.40. The fraction of sp³-hybridized carbons (Fsp3) is 0.375. The van der Waals surface area contributed by atoms with E-state index in [9.17, 15) is 0 Å². The van der Waals surface area contributed by atoms with Crippen molar-refractivity contribution in [3.05, 3.63) is 65.4 Å². The lowest BCUT2D eigenvalue weighted by Gasteiger charge is -2.31. The largest absolute Gasteiger partial charge is 0.347 e. The lowest BCUT2D eigenvalue weighted by Crippen LogP contribution is -2.40. The molecule has 28 heavy (non-hydrogen) atoms. The first kappa shape index (κ1) is 20.4. The number of nitrogens with one attached hydrogen (secondary N) is 1. The molecule has 0 spiro atoms. The monoisotopic (exact) mass is 393 g/mol. The second-order valence-corrected chi connectivity index (χ2v) is 7.91. The van der Waals surface area contributed by atoms with Gasteiger partial charge in [-0.05, 0) is 75.2 Å². The highest BCUT2D eigenvalue weighted by Gasteiger charge is 2.19. The van der Waals surface area contributed by atoms with Gasteiger partial charge in [0, 0.05) is 41.9 Å². The quantitative estimate of drug-likeness (QED) is 0.498. The van der Waals surface area contributed by atoms with Crippen LogP contribution in [0.2, 0.25) is 0 Å². The van der Waals surface area contributed by atoms with Crippen LogP contribution in [0.5, 0.6) is 0 Å². The lowest BCUT2D eigenvalue weighted by atomic mass is 10.1. The van der Waals surface area contributed by atoms with Crippen molar-refractivity contribution in [2.45, 2.75) is 60.2 Å². The van der Waals surface area contributed by atoms with E-state index in [4.69, 9.17) is 12.2 Å². The lowest BCUT2D eigenvalue weighted by molar-refractivity contribution is 0.320. The van der Waals surface area contributed by atoms with Gasteiger partial charge in [0.25, 0.3) is 0 Å². The minimum atomic E-state index is 0.355. The Hall–Kier alpha value is -2.33. The molecule has 0 amide bonds. The van der Waals surface area contributed by atoms with E-state index in [2.05, 4.69) is 98.1 Å². The highest BCUT2D eigenvalue weighted by atomic mass is 32.1. The Labute approximate surface area is 174 Å². The molecule has 0 aliphatic carbocycles. The van der Waals surface area contributed by atoms with Gasteiger partial charge in [0.05, 0.1) is 0 Å². The SMILES string of the molecule is CC[C@H](C)N(Cc1cn(CC)c2ccccc12)C(=S)Nc1cccc(C)c1C. The molecule has 1 heterocycles. The Morgan fingerprint density at radius 2 is 1.86 bits per heavy atom. The van der Waals surface area contributed by atoms with Gasteiger partial charge in [0.2, 0.25) is 0 Å². The first-order valence-corrected chi connectivity index (χ1v) is 10.6. The normalized spacial score (nSPS) is 12.2. The summed E-state index contributed by atoms with van der Waals surface area (Å²) >= 11 is 5.87. The summed E-state index contributed by atoms with van der Waals surface area (Å²) < 4.78 is 2.32. The molecule has 3 nitrogen and oxygen atoms in total. The van der Waals surface area contributed by atoms with Crippen molar-refractivity contribution in [1.29, 1.82) is 0 Å². The van der Waals surface area contributed by atoms with Crippen LogP contribution >= 0.6 is 12.2 Å². The summed E-state index contributed by atoms with van der Waals surface area (Å²) in [6.07, 6.45) is 3.32. The third-order valence-electron chi connectivity index (χ3n) is 5.78. The Bertz CT molecular complexity index is 973. The van der Waals surface area contributed by atoms with Gasteiger partial charge in [-0.15, -0.1) is 0 Å². The summed E-state index contributed by atoms with van der Waals surface area (Å²) in [5.41, 5.74) is 6.22. The van der Waals surface area contributed by atoms with Crippen LogP contribution in [0, 0.1) is 13.8 Å². The smallest absolute Gasteiger partial charge is 0.173 e.